The van der Waals surface area contributed by atoms with Crippen LogP contribution in [-0.2, 0) is 36.4 Å². The van der Waals surface area contributed by atoms with Gasteiger partial charge in [0.2, 0.25) is 5.91 Å². The number of carbonyl (C=O) groups excluding carboxylic acids is 1. The molecule has 8 heteroatoms. The maximum absolute atomic E-state index is 13.2. The summed E-state index contributed by atoms with van der Waals surface area (Å²) in [6, 6.07) is 14.1. The molecule has 3 fully saturated rings. The van der Waals surface area contributed by atoms with Crippen LogP contribution in [0.2, 0.25) is 10.0 Å². The molecule has 2 atom stereocenters. The van der Waals surface area contributed by atoms with E-state index >= 15 is 0 Å². The van der Waals surface area contributed by atoms with Gasteiger partial charge in [0.1, 0.15) is 5.60 Å². The Morgan fingerprint density at radius 1 is 1.06 bits per heavy atom. The third kappa shape index (κ3) is 4.43. The number of halogens is 2. The summed E-state index contributed by atoms with van der Waals surface area (Å²) in [5, 5.41) is 1.02. The van der Waals surface area contributed by atoms with Gasteiger partial charge < -0.3 is 14.5 Å². The fourth-order valence-corrected chi connectivity index (χ4v) is 8.47. The predicted molar refractivity (Wildman–Crippen MR) is 144 cm³/mol. The SMILES string of the molecule is O=C(C1CC1)N1CCOC(CCN2CCC3(CC2)c2ccccc2CS3=O)(c2ccc(Cl)c(Cl)c2)C1. The van der Waals surface area contributed by atoms with Crippen LogP contribution < -0.4 is 0 Å². The molecule has 1 saturated carbocycles. The normalized spacial score (nSPS) is 27.8. The van der Waals surface area contributed by atoms with Crippen molar-refractivity contribution < 1.29 is 13.7 Å². The van der Waals surface area contributed by atoms with Crippen molar-refractivity contribution in [2.45, 2.75) is 48.2 Å². The molecule has 192 valence electrons. The van der Waals surface area contributed by atoms with E-state index in [1.165, 1.54) is 11.1 Å². The summed E-state index contributed by atoms with van der Waals surface area (Å²) in [4.78, 5) is 17.4. The zero-order chi connectivity index (χ0) is 24.9. The molecule has 1 aliphatic carbocycles. The minimum atomic E-state index is -0.862. The van der Waals surface area contributed by atoms with Crippen LogP contribution >= 0.6 is 23.2 Å². The van der Waals surface area contributed by atoms with Gasteiger partial charge in [0.15, 0.2) is 0 Å². The molecule has 2 aromatic rings. The Labute approximate surface area is 225 Å². The minimum Gasteiger partial charge on any atom is -0.367 e. The number of likely N-dealkylation sites (tertiary alicyclic amines) is 1. The van der Waals surface area contributed by atoms with Gasteiger partial charge in [-0.15, -0.1) is 0 Å². The van der Waals surface area contributed by atoms with Crippen LogP contribution in [0.5, 0.6) is 0 Å². The third-order valence-electron chi connectivity index (χ3n) is 8.60. The second kappa shape index (κ2) is 9.70. The summed E-state index contributed by atoms with van der Waals surface area (Å²) in [5.74, 6) is 1.11. The zero-order valence-electron chi connectivity index (χ0n) is 20.4. The quantitative estimate of drug-likeness (QED) is 0.523. The van der Waals surface area contributed by atoms with Crippen LogP contribution in [0.15, 0.2) is 42.5 Å². The Hall–Kier alpha value is -1.44. The number of ether oxygens (including phenoxy) is 1. The smallest absolute Gasteiger partial charge is 0.225 e. The molecule has 0 radical (unpaired) electrons. The van der Waals surface area contributed by atoms with Crippen LogP contribution in [0.25, 0.3) is 0 Å². The number of fused-ring (bicyclic) bond motifs is 2. The Kier molecular flexibility index (Phi) is 6.70. The number of nitrogens with zero attached hydrogens (tertiary/aromatic N) is 2. The molecule has 0 N–H and O–H groups in total. The highest BCUT2D eigenvalue weighted by Crippen LogP contribution is 2.47. The topological polar surface area (TPSA) is 49.9 Å². The number of hydrogen-bond donors (Lipinski definition) is 0. The molecule has 2 aromatic carbocycles. The van der Waals surface area contributed by atoms with Crippen molar-refractivity contribution in [3.8, 4) is 0 Å². The molecule has 4 aliphatic rings. The number of morpholine rings is 1. The third-order valence-corrected chi connectivity index (χ3v) is 11.4. The van der Waals surface area contributed by atoms with E-state index in [9.17, 15) is 9.00 Å². The van der Waals surface area contributed by atoms with Gasteiger partial charge in [0.05, 0.1) is 27.9 Å². The van der Waals surface area contributed by atoms with Gasteiger partial charge in [-0.25, -0.2) is 0 Å². The van der Waals surface area contributed by atoms with Crippen molar-refractivity contribution in [2.24, 2.45) is 5.92 Å². The van der Waals surface area contributed by atoms with Crippen molar-refractivity contribution in [3.63, 3.8) is 0 Å². The Morgan fingerprint density at radius 2 is 1.83 bits per heavy atom. The molecule has 0 aromatic heterocycles. The van der Waals surface area contributed by atoms with Gasteiger partial charge in [-0.1, -0.05) is 53.5 Å². The summed E-state index contributed by atoms with van der Waals surface area (Å²) in [7, 11) is -0.862. The van der Waals surface area contributed by atoms with E-state index in [-0.39, 0.29) is 16.6 Å². The summed E-state index contributed by atoms with van der Waals surface area (Å²) < 4.78 is 19.5. The molecule has 1 amide bonds. The van der Waals surface area contributed by atoms with E-state index in [1.54, 1.807) is 0 Å². The predicted octanol–water partition coefficient (Wildman–Crippen LogP) is 5.10. The maximum atomic E-state index is 13.2. The highest BCUT2D eigenvalue weighted by Gasteiger charge is 2.48. The molecule has 2 unspecified atom stereocenters. The maximum Gasteiger partial charge on any atom is 0.225 e. The van der Waals surface area contributed by atoms with Crippen molar-refractivity contribution >= 4 is 39.9 Å². The summed E-state index contributed by atoms with van der Waals surface area (Å²) in [6.07, 6.45) is 4.56. The fourth-order valence-electron chi connectivity index (χ4n) is 6.28. The Morgan fingerprint density at radius 3 is 2.58 bits per heavy atom. The van der Waals surface area contributed by atoms with E-state index in [0.717, 1.165) is 57.3 Å². The summed E-state index contributed by atoms with van der Waals surface area (Å²) >= 11 is 12.6. The molecule has 0 bridgehead atoms. The van der Waals surface area contributed by atoms with Crippen molar-refractivity contribution in [2.75, 3.05) is 39.3 Å². The van der Waals surface area contributed by atoms with Gasteiger partial charge in [-0.2, -0.15) is 0 Å². The molecule has 36 heavy (non-hydrogen) atoms. The first-order valence-corrected chi connectivity index (χ1v) is 15.1. The van der Waals surface area contributed by atoms with Crippen LogP contribution in [-0.4, -0.2) is 59.2 Å². The average Bonchev–Trinajstić information content (AvgIpc) is 3.71. The van der Waals surface area contributed by atoms with E-state index in [0.29, 0.717) is 35.5 Å². The monoisotopic (exact) mass is 546 g/mol. The van der Waals surface area contributed by atoms with Crippen LogP contribution in [0.4, 0.5) is 0 Å². The summed E-state index contributed by atoms with van der Waals surface area (Å²) in [5.41, 5.74) is 2.90. The van der Waals surface area contributed by atoms with Crippen LogP contribution in [0.1, 0.15) is 48.8 Å². The van der Waals surface area contributed by atoms with Gasteiger partial charge in [0.25, 0.3) is 0 Å². The van der Waals surface area contributed by atoms with Crippen LogP contribution in [0.3, 0.4) is 0 Å². The fraction of sp³-hybridized carbons (Fsp3) is 0.536. The summed E-state index contributed by atoms with van der Waals surface area (Å²) in [6.45, 7) is 4.34. The zero-order valence-corrected chi connectivity index (χ0v) is 22.7. The highest BCUT2D eigenvalue weighted by atomic mass is 35.5. The lowest BCUT2D eigenvalue weighted by Gasteiger charge is -2.45. The van der Waals surface area contributed by atoms with Crippen LogP contribution in [0, 0.1) is 5.92 Å². The number of benzene rings is 2. The second-order valence-corrected chi connectivity index (χ2v) is 13.3. The molecule has 3 heterocycles. The second-order valence-electron chi connectivity index (χ2n) is 10.7. The van der Waals surface area contributed by atoms with Crippen molar-refractivity contribution in [3.05, 3.63) is 69.2 Å². The molecular weight excluding hydrogens is 515 g/mol. The van der Waals surface area contributed by atoms with Gasteiger partial charge >= 0.3 is 0 Å². The molecule has 6 rings (SSSR count). The van der Waals surface area contributed by atoms with Gasteiger partial charge in [-0.05, 0) is 74.0 Å². The largest absolute Gasteiger partial charge is 0.367 e. The first kappa shape index (κ1) is 24.9. The van der Waals surface area contributed by atoms with Gasteiger partial charge in [0, 0.05) is 35.6 Å². The minimum absolute atomic E-state index is 0.183. The first-order valence-electron chi connectivity index (χ1n) is 13.0. The highest BCUT2D eigenvalue weighted by molar-refractivity contribution is 7.85. The molecule has 5 nitrogen and oxygen atoms in total. The average molecular weight is 548 g/mol. The van der Waals surface area contributed by atoms with E-state index in [1.807, 2.05) is 29.2 Å². The Bertz CT molecular complexity index is 1200. The lowest BCUT2D eigenvalue weighted by molar-refractivity contribution is -0.156. The number of hydrogen-bond acceptors (Lipinski definition) is 4. The van der Waals surface area contributed by atoms with Crippen molar-refractivity contribution in [1.29, 1.82) is 0 Å². The standard InChI is InChI=1S/C28H32Cl2N2O3S/c29-24-8-7-22(17-25(24)30)27(19-32(15-16-35-27)26(33)20-5-6-20)9-12-31-13-10-28(11-14-31)23-4-2-1-3-21(23)18-36(28)34/h1-4,7-8,17,20H,5-6,9-16,18-19H2. The van der Waals surface area contributed by atoms with E-state index in [4.69, 9.17) is 27.9 Å². The lowest BCUT2D eigenvalue weighted by atomic mass is 9.85. The number of amides is 1. The number of piperidine rings is 1. The molecule has 1 spiro atoms. The van der Waals surface area contributed by atoms with E-state index in [2.05, 4.69) is 23.1 Å². The van der Waals surface area contributed by atoms with E-state index < -0.39 is 16.4 Å². The molecular formula is C28H32Cl2N2O3S. The number of carbonyl (C=O) groups is 1. The lowest BCUT2D eigenvalue weighted by Crippen LogP contribution is -2.54. The molecule has 2 saturated heterocycles. The van der Waals surface area contributed by atoms with Gasteiger partial charge in [-0.3, -0.25) is 9.00 Å². The Balaban J connectivity index is 1.19. The number of rotatable bonds is 5. The first-order chi connectivity index (χ1) is 17.4. The van der Waals surface area contributed by atoms with Crippen molar-refractivity contribution in [1.82, 2.24) is 9.80 Å². The molecule has 3 aliphatic heterocycles.